The van der Waals surface area contributed by atoms with Crippen molar-refractivity contribution in [2.45, 2.75) is 32.0 Å². The van der Waals surface area contributed by atoms with Gasteiger partial charge in [-0.1, -0.05) is 19.1 Å². The monoisotopic (exact) mass is 330 g/mol. The van der Waals surface area contributed by atoms with E-state index >= 15 is 0 Å². The number of para-hydroxylation sites is 1. The molecule has 1 aliphatic heterocycles. The van der Waals surface area contributed by atoms with Crippen LogP contribution in [0.1, 0.15) is 25.3 Å². The Morgan fingerprint density at radius 3 is 2.70 bits per heavy atom. The van der Waals surface area contributed by atoms with Crippen LogP contribution in [0.3, 0.4) is 0 Å². The molecule has 2 unspecified atom stereocenters. The van der Waals surface area contributed by atoms with Crippen LogP contribution in [0, 0.1) is 5.92 Å². The smallest absolute Gasteiger partial charge is 0.396 e. The zero-order valence-corrected chi connectivity index (χ0v) is 12.9. The number of aliphatic hydroxyl groups excluding tert-OH is 1. The summed E-state index contributed by atoms with van der Waals surface area (Å²) in [6.07, 6.45) is -2.93. The van der Waals surface area contributed by atoms with Gasteiger partial charge in [-0.3, -0.25) is 9.69 Å². The third-order valence-corrected chi connectivity index (χ3v) is 4.31. The molecule has 1 aromatic rings. The molecule has 1 aliphatic rings. The molecule has 128 valence electrons. The summed E-state index contributed by atoms with van der Waals surface area (Å²) in [4.78, 5) is 14.0. The van der Waals surface area contributed by atoms with E-state index < -0.39 is 17.6 Å². The number of carbonyl (C=O) groups excluding carboxylic acids is 1. The van der Waals surface area contributed by atoms with E-state index in [1.165, 1.54) is 18.2 Å². The lowest BCUT2D eigenvalue weighted by Gasteiger charge is -2.26. The van der Waals surface area contributed by atoms with Gasteiger partial charge in [0.25, 0.3) is 0 Å². The molecule has 0 spiro atoms. The van der Waals surface area contributed by atoms with Gasteiger partial charge in [0.15, 0.2) is 0 Å². The number of carbonyl (C=O) groups is 1. The molecule has 1 aromatic carbocycles. The molecule has 0 aliphatic carbocycles. The predicted octanol–water partition coefficient (Wildman–Crippen LogP) is 2.74. The normalized spacial score (nSPS) is 22.3. The van der Waals surface area contributed by atoms with Crippen LogP contribution in [0.15, 0.2) is 24.3 Å². The summed E-state index contributed by atoms with van der Waals surface area (Å²) in [6.45, 7) is 2.73. The van der Waals surface area contributed by atoms with Crippen molar-refractivity contribution in [3.63, 3.8) is 0 Å². The molecule has 2 atom stereocenters. The number of rotatable bonds is 5. The summed E-state index contributed by atoms with van der Waals surface area (Å²) in [5.41, 5.74) is -1.08. The van der Waals surface area contributed by atoms with E-state index in [2.05, 4.69) is 5.32 Å². The van der Waals surface area contributed by atoms with Crippen molar-refractivity contribution in [1.82, 2.24) is 4.90 Å². The van der Waals surface area contributed by atoms with Gasteiger partial charge in [0.1, 0.15) is 0 Å². The standard InChI is InChI=1S/C16H21F3N2O2/c1-2-14-11(10-22)7-8-21(14)9-15(23)20-13-6-4-3-5-12(13)16(17,18)19/h3-6,11,14,22H,2,7-10H2,1H3,(H,20,23). The van der Waals surface area contributed by atoms with Crippen molar-refractivity contribution in [2.24, 2.45) is 5.92 Å². The fraction of sp³-hybridized carbons (Fsp3) is 0.562. The highest BCUT2D eigenvalue weighted by Gasteiger charge is 2.35. The van der Waals surface area contributed by atoms with E-state index in [-0.39, 0.29) is 30.8 Å². The molecule has 23 heavy (non-hydrogen) atoms. The second-order valence-electron chi connectivity index (χ2n) is 5.77. The number of nitrogens with one attached hydrogen (secondary N) is 1. The number of anilines is 1. The first kappa shape index (κ1) is 17.7. The van der Waals surface area contributed by atoms with Crippen molar-refractivity contribution >= 4 is 11.6 Å². The fourth-order valence-electron chi connectivity index (χ4n) is 3.20. The van der Waals surface area contributed by atoms with Gasteiger partial charge in [-0.05, 0) is 37.4 Å². The molecule has 2 N–H and O–H groups in total. The average Bonchev–Trinajstić information content (AvgIpc) is 2.88. The van der Waals surface area contributed by atoms with E-state index in [1.807, 2.05) is 11.8 Å². The highest BCUT2D eigenvalue weighted by molar-refractivity contribution is 5.93. The van der Waals surface area contributed by atoms with Gasteiger partial charge < -0.3 is 10.4 Å². The Kier molecular flexibility index (Phi) is 5.64. The summed E-state index contributed by atoms with van der Waals surface area (Å²) in [5.74, 6) is -0.353. The number of nitrogens with zero attached hydrogens (tertiary/aromatic N) is 1. The maximum Gasteiger partial charge on any atom is 0.418 e. The third-order valence-electron chi connectivity index (χ3n) is 4.31. The zero-order chi connectivity index (χ0) is 17.0. The van der Waals surface area contributed by atoms with Crippen LogP contribution in [0.4, 0.5) is 18.9 Å². The summed E-state index contributed by atoms with van der Waals surface area (Å²) < 4.78 is 38.8. The molecule has 1 fully saturated rings. The highest BCUT2D eigenvalue weighted by Crippen LogP contribution is 2.34. The number of amides is 1. The Labute approximate surface area is 133 Å². The first-order valence-corrected chi connectivity index (χ1v) is 7.67. The first-order valence-electron chi connectivity index (χ1n) is 7.67. The van der Waals surface area contributed by atoms with Gasteiger partial charge in [-0.15, -0.1) is 0 Å². The molecular weight excluding hydrogens is 309 g/mol. The molecule has 0 bridgehead atoms. The van der Waals surface area contributed by atoms with Gasteiger partial charge in [0, 0.05) is 12.6 Å². The minimum Gasteiger partial charge on any atom is -0.396 e. The van der Waals surface area contributed by atoms with Crippen LogP contribution in [0.2, 0.25) is 0 Å². The van der Waals surface area contributed by atoms with Gasteiger partial charge in [0.2, 0.25) is 5.91 Å². The van der Waals surface area contributed by atoms with Crippen LogP contribution < -0.4 is 5.32 Å². The molecule has 0 aromatic heterocycles. The molecule has 7 heteroatoms. The Bertz CT molecular complexity index is 548. The van der Waals surface area contributed by atoms with Crippen LogP contribution in [0.25, 0.3) is 0 Å². The largest absolute Gasteiger partial charge is 0.418 e. The quantitative estimate of drug-likeness (QED) is 0.873. The van der Waals surface area contributed by atoms with Crippen LogP contribution in [0.5, 0.6) is 0 Å². The van der Waals surface area contributed by atoms with Crippen molar-refractivity contribution in [1.29, 1.82) is 0 Å². The van der Waals surface area contributed by atoms with Crippen molar-refractivity contribution < 1.29 is 23.1 Å². The number of alkyl halides is 3. The van der Waals surface area contributed by atoms with E-state index in [0.717, 1.165) is 18.9 Å². The molecule has 0 radical (unpaired) electrons. The maximum atomic E-state index is 12.9. The molecule has 1 heterocycles. The molecule has 4 nitrogen and oxygen atoms in total. The number of halogens is 3. The van der Waals surface area contributed by atoms with Crippen molar-refractivity contribution in [3.05, 3.63) is 29.8 Å². The summed E-state index contributed by atoms with van der Waals surface area (Å²) in [5, 5.41) is 11.7. The lowest BCUT2D eigenvalue weighted by Crippen LogP contribution is -2.39. The average molecular weight is 330 g/mol. The lowest BCUT2D eigenvalue weighted by atomic mass is 9.99. The van der Waals surface area contributed by atoms with Crippen molar-refractivity contribution in [2.75, 3.05) is 25.0 Å². The summed E-state index contributed by atoms with van der Waals surface area (Å²) in [6, 6.07) is 5.03. The Hall–Kier alpha value is -1.60. The van der Waals surface area contributed by atoms with Crippen LogP contribution in [-0.4, -0.2) is 41.7 Å². The second-order valence-corrected chi connectivity index (χ2v) is 5.77. The highest BCUT2D eigenvalue weighted by atomic mass is 19.4. The molecular formula is C16H21F3N2O2. The number of benzene rings is 1. The first-order chi connectivity index (χ1) is 10.9. The minimum atomic E-state index is -4.51. The molecule has 2 rings (SSSR count). The van der Waals surface area contributed by atoms with Crippen LogP contribution in [-0.2, 0) is 11.0 Å². The van der Waals surface area contributed by atoms with Gasteiger partial charge >= 0.3 is 6.18 Å². The molecule has 1 saturated heterocycles. The summed E-state index contributed by atoms with van der Waals surface area (Å²) >= 11 is 0. The van der Waals surface area contributed by atoms with E-state index in [1.54, 1.807) is 0 Å². The zero-order valence-electron chi connectivity index (χ0n) is 12.9. The Morgan fingerprint density at radius 1 is 1.39 bits per heavy atom. The fourth-order valence-corrected chi connectivity index (χ4v) is 3.20. The Balaban J connectivity index is 2.04. The van der Waals surface area contributed by atoms with E-state index in [9.17, 15) is 23.1 Å². The number of hydrogen-bond donors (Lipinski definition) is 2. The number of aliphatic hydroxyl groups is 1. The maximum absolute atomic E-state index is 12.9. The minimum absolute atomic E-state index is 0.0290. The molecule has 1 amide bonds. The number of hydrogen-bond acceptors (Lipinski definition) is 3. The van der Waals surface area contributed by atoms with Crippen molar-refractivity contribution in [3.8, 4) is 0 Å². The molecule has 0 saturated carbocycles. The SMILES string of the molecule is CCC1C(CO)CCN1CC(=O)Nc1ccccc1C(F)(F)F. The topological polar surface area (TPSA) is 52.6 Å². The van der Waals surface area contributed by atoms with Gasteiger partial charge in [0.05, 0.1) is 17.8 Å². The summed E-state index contributed by atoms with van der Waals surface area (Å²) in [7, 11) is 0. The predicted molar refractivity (Wildman–Crippen MR) is 80.9 cm³/mol. The second kappa shape index (κ2) is 7.31. The van der Waals surface area contributed by atoms with Crippen LogP contribution >= 0.6 is 0 Å². The third kappa shape index (κ3) is 4.23. The Morgan fingerprint density at radius 2 is 2.09 bits per heavy atom. The lowest BCUT2D eigenvalue weighted by molar-refractivity contribution is -0.137. The van der Waals surface area contributed by atoms with Gasteiger partial charge in [-0.25, -0.2) is 0 Å². The van der Waals surface area contributed by atoms with E-state index in [4.69, 9.17) is 0 Å². The number of likely N-dealkylation sites (tertiary alicyclic amines) is 1. The van der Waals surface area contributed by atoms with E-state index in [0.29, 0.717) is 6.54 Å². The van der Waals surface area contributed by atoms with Gasteiger partial charge in [-0.2, -0.15) is 13.2 Å².